The SMILES string of the molecule is Cc1ccc(-c2noc(Cc3ccccc3C)n2)cc1N. The molecule has 0 saturated heterocycles. The summed E-state index contributed by atoms with van der Waals surface area (Å²) >= 11 is 0. The molecule has 0 saturated carbocycles. The first-order chi connectivity index (χ1) is 10.1. The Morgan fingerprint density at radius 1 is 1.05 bits per heavy atom. The van der Waals surface area contributed by atoms with Crippen molar-refractivity contribution in [2.24, 2.45) is 0 Å². The summed E-state index contributed by atoms with van der Waals surface area (Å²) in [7, 11) is 0. The molecule has 1 heterocycles. The smallest absolute Gasteiger partial charge is 0.231 e. The lowest BCUT2D eigenvalue weighted by molar-refractivity contribution is 0.385. The summed E-state index contributed by atoms with van der Waals surface area (Å²) in [4.78, 5) is 4.45. The van der Waals surface area contributed by atoms with Crippen molar-refractivity contribution in [2.45, 2.75) is 20.3 Å². The quantitative estimate of drug-likeness (QED) is 0.745. The van der Waals surface area contributed by atoms with E-state index in [-0.39, 0.29) is 0 Å². The summed E-state index contributed by atoms with van der Waals surface area (Å²) in [5.41, 5.74) is 11.0. The Labute approximate surface area is 123 Å². The minimum atomic E-state index is 0.574. The number of aryl methyl sites for hydroxylation is 2. The standard InChI is InChI=1S/C17H17N3O/c1-11-5-3-4-6-13(11)10-16-19-17(20-21-16)14-8-7-12(2)15(18)9-14/h3-9H,10,18H2,1-2H3. The molecule has 2 aromatic carbocycles. The van der Waals surface area contributed by atoms with Crippen LogP contribution in [0.1, 0.15) is 22.6 Å². The van der Waals surface area contributed by atoms with Crippen molar-refractivity contribution in [3.05, 3.63) is 65.0 Å². The van der Waals surface area contributed by atoms with E-state index in [0.29, 0.717) is 18.1 Å². The number of aromatic nitrogens is 2. The number of hydrogen-bond acceptors (Lipinski definition) is 4. The summed E-state index contributed by atoms with van der Waals surface area (Å²) in [6.45, 7) is 4.05. The molecule has 21 heavy (non-hydrogen) atoms. The average Bonchev–Trinajstić information content (AvgIpc) is 2.93. The van der Waals surface area contributed by atoms with Gasteiger partial charge < -0.3 is 10.3 Å². The first-order valence-electron chi connectivity index (χ1n) is 6.87. The van der Waals surface area contributed by atoms with Gasteiger partial charge in [-0.05, 0) is 36.6 Å². The number of hydrogen-bond donors (Lipinski definition) is 1. The predicted octanol–water partition coefficient (Wildman–Crippen LogP) is 3.53. The van der Waals surface area contributed by atoms with E-state index < -0.39 is 0 Å². The van der Waals surface area contributed by atoms with Gasteiger partial charge in [-0.25, -0.2) is 0 Å². The van der Waals surface area contributed by atoms with E-state index in [2.05, 4.69) is 29.2 Å². The van der Waals surface area contributed by atoms with Gasteiger partial charge in [0.25, 0.3) is 0 Å². The zero-order valence-corrected chi connectivity index (χ0v) is 12.1. The second kappa shape index (κ2) is 5.40. The fraction of sp³-hybridized carbons (Fsp3) is 0.176. The molecule has 0 unspecified atom stereocenters. The lowest BCUT2D eigenvalue weighted by Crippen LogP contribution is -1.92. The van der Waals surface area contributed by atoms with Gasteiger partial charge in [0.1, 0.15) is 0 Å². The number of nitrogens with zero attached hydrogens (tertiary/aromatic N) is 2. The van der Waals surface area contributed by atoms with Crippen LogP contribution in [0.3, 0.4) is 0 Å². The number of benzene rings is 2. The molecular weight excluding hydrogens is 262 g/mol. The third-order valence-corrected chi connectivity index (χ3v) is 3.61. The van der Waals surface area contributed by atoms with E-state index >= 15 is 0 Å². The normalized spacial score (nSPS) is 10.8. The molecule has 0 atom stereocenters. The predicted molar refractivity (Wildman–Crippen MR) is 82.9 cm³/mol. The van der Waals surface area contributed by atoms with E-state index in [9.17, 15) is 0 Å². The van der Waals surface area contributed by atoms with Crippen molar-refractivity contribution in [2.75, 3.05) is 5.73 Å². The molecule has 0 radical (unpaired) electrons. The van der Waals surface area contributed by atoms with Crippen LogP contribution in [0.15, 0.2) is 47.0 Å². The molecule has 106 valence electrons. The van der Waals surface area contributed by atoms with Crippen LogP contribution in [0.4, 0.5) is 5.69 Å². The van der Waals surface area contributed by atoms with Gasteiger partial charge in [-0.2, -0.15) is 4.98 Å². The van der Waals surface area contributed by atoms with Crippen LogP contribution in [0.5, 0.6) is 0 Å². The highest BCUT2D eigenvalue weighted by Gasteiger charge is 2.11. The minimum absolute atomic E-state index is 0.574. The van der Waals surface area contributed by atoms with E-state index in [1.807, 2.05) is 37.3 Å². The Morgan fingerprint density at radius 2 is 1.86 bits per heavy atom. The molecule has 1 aromatic heterocycles. The van der Waals surface area contributed by atoms with Gasteiger partial charge in [0.15, 0.2) is 0 Å². The fourth-order valence-electron chi connectivity index (χ4n) is 2.19. The number of anilines is 1. The highest BCUT2D eigenvalue weighted by atomic mass is 16.5. The van der Waals surface area contributed by atoms with Crippen LogP contribution in [-0.2, 0) is 6.42 Å². The molecule has 3 rings (SSSR count). The van der Waals surface area contributed by atoms with Gasteiger partial charge in [-0.3, -0.25) is 0 Å². The maximum absolute atomic E-state index is 5.92. The Kier molecular flexibility index (Phi) is 3.44. The largest absolute Gasteiger partial charge is 0.398 e. The van der Waals surface area contributed by atoms with Crippen molar-refractivity contribution in [3.8, 4) is 11.4 Å². The van der Waals surface area contributed by atoms with Gasteiger partial charge in [0, 0.05) is 11.3 Å². The number of rotatable bonds is 3. The second-order valence-corrected chi connectivity index (χ2v) is 5.19. The molecule has 0 fully saturated rings. The van der Waals surface area contributed by atoms with Gasteiger partial charge in [0.2, 0.25) is 11.7 Å². The molecule has 4 nitrogen and oxygen atoms in total. The van der Waals surface area contributed by atoms with Crippen LogP contribution in [0.2, 0.25) is 0 Å². The third-order valence-electron chi connectivity index (χ3n) is 3.61. The monoisotopic (exact) mass is 279 g/mol. The summed E-state index contributed by atoms with van der Waals surface area (Å²) in [6.07, 6.45) is 0.640. The van der Waals surface area contributed by atoms with Gasteiger partial charge >= 0.3 is 0 Å². The van der Waals surface area contributed by atoms with Crippen molar-refractivity contribution >= 4 is 5.69 Å². The second-order valence-electron chi connectivity index (χ2n) is 5.19. The molecule has 4 heteroatoms. The topological polar surface area (TPSA) is 64.9 Å². The van der Waals surface area contributed by atoms with Crippen LogP contribution in [-0.4, -0.2) is 10.1 Å². The van der Waals surface area contributed by atoms with E-state index in [4.69, 9.17) is 10.3 Å². The van der Waals surface area contributed by atoms with Gasteiger partial charge in [-0.15, -0.1) is 0 Å². The third kappa shape index (κ3) is 2.79. The van der Waals surface area contributed by atoms with Crippen molar-refractivity contribution < 1.29 is 4.52 Å². The van der Waals surface area contributed by atoms with Crippen LogP contribution in [0.25, 0.3) is 11.4 Å². The summed E-state index contributed by atoms with van der Waals surface area (Å²) in [6, 6.07) is 14.0. The van der Waals surface area contributed by atoms with Gasteiger partial charge in [-0.1, -0.05) is 41.6 Å². The number of nitrogens with two attached hydrogens (primary N) is 1. The highest BCUT2D eigenvalue weighted by Crippen LogP contribution is 2.22. The molecule has 0 aliphatic rings. The van der Waals surface area contributed by atoms with Crippen molar-refractivity contribution in [1.29, 1.82) is 0 Å². The molecule has 0 spiro atoms. The first kappa shape index (κ1) is 13.4. The van der Waals surface area contributed by atoms with Crippen LogP contribution < -0.4 is 5.73 Å². The molecule has 3 aromatic rings. The summed E-state index contributed by atoms with van der Waals surface area (Å²) < 4.78 is 5.35. The van der Waals surface area contributed by atoms with E-state index in [1.165, 1.54) is 11.1 Å². The maximum atomic E-state index is 5.92. The lowest BCUT2D eigenvalue weighted by atomic mass is 10.1. The summed E-state index contributed by atoms with van der Waals surface area (Å²) in [5, 5.41) is 4.04. The molecular formula is C17H17N3O. The Bertz CT molecular complexity index is 777. The fourth-order valence-corrected chi connectivity index (χ4v) is 2.19. The Hall–Kier alpha value is -2.62. The molecule has 0 amide bonds. The zero-order valence-electron chi connectivity index (χ0n) is 12.1. The minimum Gasteiger partial charge on any atom is -0.398 e. The summed E-state index contributed by atoms with van der Waals surface area (Å²) in [5.74, 6) is 1.18. The van der Waals surface area contributed by atoms with Crippen molar-refractivity contribution in [3.63, 3.8) is 0 Å². The van der Waals surface area contributed by atoms with E-state index in [0.717, 1.165) is 16.8 Å². The molecule has 0 bridgehead atoms. The molecule has 0 aliphatic carbocycles. The van der Waals surface area contributed by atoms with Crippen molar-refractivity contribution in [1.82, 2.24) is 10.1 Å². The number of nitrogen functional groups attached to an aromatic ring is 1. The maximum Gasteiger partial charge on any atom is 0.231 e. The van der Waals surface area contributed by atoms with Crippen LogP contribution >= 0.6 is 0 Å². The van der Waals surface area contributed by atoms with E-state index in [1.54, 1.807) is 0 Å². The Morgan fingerprint density at radius 3 is 2.62 bits per heavy atom. The molecule has 2 N–H and O–H groups in total. The first-order valence-corrected chi connectivity index (χ1v) is 6.87. The zero-order chi connectivity index (χ0) is 14.8. The van der Waals surface area contributed by atoms with Gasteiger partial charge in [0.05, 0.1) is 6.42 Å². The highest BCUT2D eigenvalue weighted by molar-refractivity contribution is 5.63. The Balaban J connectivity index is 1.86. The molecule has 0 aliphatic heterocycles. The lowest BCUT2D eigenvalue weighted by Gasteiger charge is -2.01. The van der Waals surface area contributed by atoms with Crippen LogP contribution in [0, 0.1) is 13.8 Å². The average molecular weight is 279 g/mol.